The molecule has 0 fully saturated rings. The zero-order valence-corrected chi connectivity index (χ0v) is 13.1. The molecule has 0 amide bonds. The highest BCUT2D eigenvalue weighted by Gasteiger charge is 2.27. The summed E-state index contributed by atoms with van der Waals surface area (Å²) in [6.45, 7) is 7.79. The lowest BCUT2D eigenvalue weighted by Crippen LogP contribution is -2.20. The minimum atomic E-state index is -0.803. The number of benzene rings is 1. The second kappa shape index (κ2) is 5.76. The minimum absolute atomic E-state index is 0.164. The Morgan fingerprint density at radius 3 is 2.48 bits per heavy atom. The number of hydrogen-bond acceptors (Lipinski definition) is 3. The van der Waals surface area contributed by atoms with Gasteiger partial charge >= 0.3 is 5.97 Å². The Hall–Kier alpha value is -2.04. The fourth-order valence-electron chi connectivity index (χ4n) is 2.53. The normalized spacial score (nSPS) is 14.4. The molecule has 0 aliphatic carbocycles. The van der Waals surface area contributed by atoms with E-state index in [1.54, 1.807) is 14.0 Å². The highest BCUT2D eigenvalue weighted by atomic mass is 16.5. The summed E-state index contributed by atoms with van der Waals surface area (Å²) < 4.78 is 7.34. The van der Waals surface area contributed by atoms with Crippen LogP contribution in [0.1, 0.15) is 45.5 Å². The summed E-state index contributed by atoms with van der Waals surface area (Å²) in [5.41, 5.74) is 1.84. The van der Waals surface area contributed by atoms with E-state index in [4.69, 9.17) is 4.74 Å². The summed E-state index contributed by atoms with van der Waals surface area (Å²) in [5, 5.41) is 9.24. The average Bonchev–Trinajstić information content (AvgIpc) is 2.83. The molecule has 2 atom stereocenters. The first-order valence-corrected chi connectivity index (χ1v) is 7.15. The van der Waals surface area contributed by atoms with Crippen LogP contribution in [0.25, 0.3) is 11.0 Å². The van der Waals surface area contributed by atoms with Crippen molar-refractivity contribution in [1.29, 1.82) is 0 Å². The van der Waals surface area contributed by atoms with Crippen LogP contribution < -0.4 is 4.74 Å². The highest BCUT2D eigenvalue weighted by Crippen LogP contribution is 2.31. The van der Waals surface area contributed by atoms with E-state index in [1.807, 2.05) is 25.1 Å². The van der Waals surface area contributed by atoms with Crippen molar-refractivity contribution in [2.24, 2.45) is 5.92 Å². The smallest absolute Gasteiger partial charge is 0.306 e. The number of methoxy groups -OCH3 is 1. The SMILES string of the molecule is COc1ccc2c(c1)nc(C(C)C(C)C(=O)O)n2C(C)C. The number of carboxylic acid groups (broad SMARTS) is 1. The van der Waals surface area contributed by atoms with Crippen molar-refractivity contribution < 1.29 is 14.6 Å². The summed E-state index contributed by atoms with van der Waals surface area (Å²) in [7, 11) is 1.62. The summed E-state index contributed by atoms with van der Waals surface area (Å²) in [6, 6.07) is 5.97. The number of fused-ring (bicyclic) bond motifs is 1. The predicted molar refractivity (Wildman–Crippen MR) is 81.9 cm³/mol. The number of carboxylic acids is 1. The van der Waals surface area contributed by atoms with Crippen LogP contribution in [0.15, 0.2) is 18.2 Å². The number of imidazole rings is 1. The molecule has 0 bridgehead atoms. The summed E-state index contributed by atoms with van der Waals surface area (Å²) in [5.74, 6) is 0.108. The number of aromatic nitrogens is 2. The topological polar surface area (TPSA) is 64.3 Å². The van der Waals surface area contributed by atoms with Crippen molar-refractivity contribution in [3.8, 4) is 5.75 Å². The van der Waals surface area contributed by atoms with Crippen LogP contribution >= 0.6 is 0 Å². The Morgan fingerprint density at radius 1 is 1.29 bits per heavy atom. The molecule has 2 unspecified atom stereocenters. The number of nitrogens with zero attached hydrogens (tertiary/aromatic N) is 2. The minimum Gasteiger partial charge on any atom is -0.497 e. The Bertz CT molecular complexity index is 661. The van der Waals surface area contributed by atoms with Crippen LogP contribution in [0.5, 0.6) is 5.75 Å². The van der Waals surface area contributed by atoms with E-state index >= 15 is 0 Å². The van der Waals surface area contributed by atoms with Gasteiger partial charge in [0.05, 0.1) is 24.1 Å². The van der Waals surface area contributed by atoms with Crippen LogP contribution in [-0.4, -0.2) is 27.7 Å². The van der Waals surface area contributed by atoms with E-state index in [0.717, 1.165) is 22.6 Å². The van der Waals surface area contributed by atoms with E-state index in [-0.39, 0.29) is 12.0 Å². The van der Waals surface area contributed by atoms with Gasteiger partial charge < -0.3 is 14.4 Å². The lowest BCUT2D eigenvalue weighted by Gasteiger charge is -2.20. The fraction of sp³-hybridized carbons (Fsp3) is 0.500. The molecular weight excluding hydrogens is 268 g/mol. The van der Waals surface area contributed by atoms with Gasteiger partial charge in [-0.3, -0.25) is 4.79 Å². The molecule has 1 N–H and O–H groups in total. The van der Waals surface area contributed by atoms with Gasteiger partial charge in [-0.1, -0.05) is 13.8 Å². The average molecular weight is 290 g/mol. The maximum atomic E-state index is 11.3. The van der Waals surface area contributed by atoms with E-state index < -0.39 is 11.9 Å². The standard InChI is InChI=1S/C16H22N2O3/c1-9(2)18-14-7-6-12(21-5)8-13(14)17-15(18)10(3)11(4)16(19)20/h6-11H,1-5H3,(H,19,20). The first-order chi connectivity index (χ1) is 9.86. The zero-order valence-electron chi connectivity index (χ0n) is 13.1. The van der Waals surface area contributed by atoms with Crippen LogP contribution in [0, 0.1) is 5.92 Å². The molecule has 114 valence electrons. The monoisotopic (exact) mass is 290 g/mol. The van der Waals surface area contributed by atoms with Gasteiger partial charge in [0.25, 0.3) is 0 Å². The fourth-order valence-corrected chi connectivity index (χ4v) is 2.53. The number of carbonyl (C=O) groups is 1. The summed E-state index contributed by atoms with van der Waals surface area (Å²) in [6.07, 6.45) is 0. The molecule has 2 aromatic rings. The van der Waals surface area contributed by atoms with Gasteiger partial charge in [0.1, 0.15) is 11.6 Å². The van der Waals surface area contributed by atoms with Gasteiger partial charge in [-0.25, -0.2) is 4.98 Å². The largest absolute Gasteiger partial charge is 0.497 e. The van der Waals surface area contributed by atoms with Crippen molar-refractivity contribution in [2.45, 2.75) is 39.7 Å². The van der Waals surface area contributed by atoms with Gasteiger partial charge in [0.15, 0.2) is 0 Å². The molecule has 5 heteroatoms. The maximum Gasteiger partial charge on any atom is 0.306 e. The molecule has 5 nitrogen and oxygen atoms in total. The van der Waals surface area contributed by atoms with Crippen LogP contribution in [-0.2, 0) is 4.79 Å². The third-order valence-corrected chi connectivity index (χ3v) is 3.99. The molecule has 0 saturated carbocycles. The van der Waals surface area contributed by atoms with Crippen LogP contribution in [0.4, 0.5) is 0 Å². The molecule has 0 saturated heterocycles. The van der Waals surface area contributed by atoms with Gasteiger partial charge in [-0.15, -0.1) is 0 Å². The Morgan fingerprint density at radius 2 is 1.95 bits per heavy atom. The molecule has 1 heterocycles. The van der Waals surface area contributed by atoms with Crippen molar-refractivity contribution >= 4 is 17.0 Å². The Labute approximate surface area is 124 Å². The Balaban J connectivity index is 2.61. The second-order valence-electron chi connectivity index (χ2n) is 5.70. The molecule has 0 spiro atoms. The van der Waals surface area contributed by atoms with E-state index in [1.165, 1.54) is 0 Å². The lowest BCUT2D eigenvalue weighted by atomic mass is 9.95. The number of hydrogen-bond donors (Lipinski definition) is 1. The van der Waals surface area contributed by atoms with Gasteiger partial charge in [-0.2, -0.15) is 0 Å². The molecule has 1 aromatic heterocycles. The van der Waals surface area contributed by atoms with Crippen LogP contribution in [0.2, 0.25) is 0 Å². The third-order valence-electron chi connectivity index (χ3n) is 3.99. The Kier molecular flexibility index (Phi) is 4.21. The van der Waals surface area contributed by atoms with Gasteiger partial charge in [0, 0.05) is 18.0 Å². The zero-order chi connectivity index (χ0) is 15.7. The summed E-state index contributed by atoms with van der Waals surface area (Å²) in [4.78, 5) is 15.9. The van der Waals surface area contributed by atoms with Crippen molar-refractivity contribution in [3.05, 3.63) is 24.0 Å². The first-order valence-electron chi connectivity index (χ1n) is 7.15. The van der Waals surface area contributed by atoms with Crippen LogP contribution in [0.3, 0.4) is 0 Å². The van der Waals surface area contributed by atoms with E-state index in [0.29, 0.717) is 0 Å². The molecule has 0 aliphatic heterocycles. The lowest BCUT2D eigenvalue weighted by molar-refractivity contribution is -0.141. The number of ether oxygens (including phenoxy) is 1. The number of rotatable bonds is 5. The van der Waals surface area contributed by atoms with Crippen molar-refractivity contribution in [2.75, 3.05) is 7.11 Å². The summed E-state index contributed by atoms with van der Waals surface area (Å²) >= 11 is 0. The number of aliphatic carboxylic acids is 1. The van der Waals surface area contributed by atoms with Gasteiger partial charge in [0.2, 0.25) is 0 Å². The second-order valence-corrected chi connectivity index (χ2v) is 5.70. The molecule has 21 heavy (non-hydrogen) atoms. The third kappa shape index (κ3) is 2.73. The molecule has 0 aliphatic rings. The first kappa shape index (κ1) is 15.4. The quantitative estimate of drug-likeness (QED) is 0.916. The van der Waals surface area contributed by atoms with E-state index in [2.05, 4.69) is 23.4 Å². The predicted octanol–water partition coefficient (Wildman–Crippen LogP) is 3.45. The molecule has 0 radical (unpaired) electrons. The van der Waals surface area contributed by atoms with Crippen molar-refractivity contribution in [3.63, 3.8) is 0 Å². The maximum absolute atomic E-state index is 11.3. The molecule has 2 rings (SSSR count). The molecular formula is C16H22N2O3. The van der Waals surface area contributed by atoms with E-state index in [9.17, 15) is 9.90 Å². The molecule has 1 aromatic carbocycles. The highest BCUT2D eigenvalue weighted by molar-refractivity contribution is 5.78. The van der Waals surface area contributed by atoms with Crippen molar-refractivity contribution in [1.82, 2.24) is 9.55 Å². The van der Waals surface area contributed by atoms with Gasteiger partial charge in [-0.05, 0) is 26.0 Å².